The minimum Gasteiger partial charge on any atom is -0.346 e. The van der Waals surface area contributed by atoms with E-state index in [4.69, 9.17) is 17.3 Å². The predicted octanol–water partition coefficient (Wildman–Crippen LogP) is 3.32. The van der Waals surface area contributed by atoms with Gasteiger partial charge in [0.15, 0.2) is 0 Å². The summed E-state index contributed by atoms with van der Waals surface area (Å²) in [5, 5.41) is 0.729. The molecular weight excluding hydrogens is 246 g/mol. The molecule has 1 unspecified atom stereocenters. The number of benzene rings is 1. The number of aromatic amines is 1. The van der Waals surface area contributed by atoms with Crippen molar-refractivity contribution in [2.45, 2.75) is 32.7 Å². The average Bonchev–Trinajstić information content (AvgIpc) is 2.68. The van der Waals surface area contributed by atoms with Crippen LogP contribution in [0.3, 0.4) is 0 Å². The van der Waals surface area contributed by atoms with Gasteiger partial charge in [0.2, 0.25) is 0 Å². The van der Waals surface area contributed by atoms with Gasteiger partial charge >= 0.3 is 0 Å². The number of nitrogens with zero attached hydrogens (tertiary/aromatic N) is 1. The van der Waals surface area contributed by atoms with Crippen LogP contribution in [0.2, 0.25) is 5.02 Å². The average molecular weight is 264 g/mol. The molecule has 0 amide bonds. The molecule has 0 bridgehead atoms. The lowest BCUT2D eigenvalue weighted by Crippen LogP contribution is -2.15. The zero-order chi connectivity index (χ0) is 13.1. The van der Waals surface area contributed by atoms with E-state index in [0.717, 1.165) is 40.6 Å². The van der Waals surface area contributed by atoms with Crippen molar-refractivity contribution in [1.82, 2.24) is 9.97 Å². The van der Waals surface area contributed by atoms with Crippen molar-refractivity contribution in [2.75, 3.05) is 0 Å². The first-order valence-corrected chi connectivity index (χ1v) is 6.51. The number of nitrogens with two attached hydrogens (primary N) is 1. The molecule has 0 spiro atoms. The van der Waals surface area contributed by atoms with Crippen LogP contribution in [-0.2, 0) is 6.42 Å². The van der Waals surface area contributed by atoms with Crippen LogP contribution >= 0.6 is 11.6 Å². The Balaban J connectivity index is 2.24. The van der Waals surface area contributed by atoms with Crippen molar-refractivity contribution in [3.05, 3.63) is 40.8 Å². The summed E-state index contributed by atoms with van der Waals surface area (Å²) in [6, 6.07) is 7.95. The van der Waals surface area contributed by atoms with Crippen LogP contribution in [-0.4, -0.2) is 16.0 Å². The number of nitrogens with one attached hydrogen (secondary N) is 1. The summed E-state index contributed by atoms with van der Waals surface area (Å²) in [6.45, 7) is 4.03. The largest absolute Gasteiger partial charge is 0.346 e. The maximum absolute atomic E-state index is 6.00. The van der Waals surface area contributed by atoms with E-state index in [0.29, 0.717) is 0 Å². The van der Waals surface area contributed by atoms with Crippen molar-refractivity contribution in [2.24, 2.45) is 5.73 Å². The highest BCUT2D eigenvalue weighted by molar-refractivity contribution is 6.30. The molecule has 0 aliphatic heterocycles. The van der Waals surface area contributed by atoms with E-state index >= 15 is 0 Å². The molecule has 0 aliphatic carbocycles. The summed E-state index contributed by atoms with van der Waals surface area (Å²) in [7, 11) is 0. The fraction of sp³-hybridized carbons (Fsp3) is 0.357. The summed E-state index contributed by atoms with van der Waals surface area (Å²) in [6.07, 6.45) is 1.81. The van der Waals surface area contributed by atoms with Crippen LogP contribution < -0.4 is 5.73 Å². The lowest BCUT2D eigenvalue weighted by molar-refractivity contribution is 0.651. The third-order valence-electron chi connectivity index (χ3n) is 2.87. The Labute approximate surface area is 112 Å². The molecule has 0 aliphatic rings. The van der Waals surface area contributed by atoms with Gasteiger partial charge in [-0.2, -0.15) is 0 Å². The summed E-state index contributed by atoms with van der Waals surface area (Å²) >= 11 is 6.00. The molecule has 1 aromatic heterocycles. The molecule has 4 heteroatoms. The maximum atomic E-state index is 6.00. The van der Waals surface area contributed by atoms with Gasteiger partial charge in [-0.25, -0.2) is 4.98 Å². The smallest absolute Gasteiger partial charge is 0.107 e. The van der Waals surface area contributed by atoms with E-state index in [1.54, 1.807) is 0 Å². The standard InChI is InChI=1S/C14H18ClN3/c1-9(16)6-7-13-17-10(2)14(18-13)11-4-3-5-12(15)8-11/h3-5,8-9H,6-7,16H2,1-2H3,(H,17,18). The Kier molecular flexibility index (Phi) is 4.04. The zero-order valence-corrected chi connectivity index (χ0v) is 11.5. The van der Waals surface area contributed by atoms with Crippen molar-refractivity contribution in [1.29, 1.82) is 0 Å². The molecule has 3 N–H and O–H groups in total. The minimum absolute atomic E-state index is 0.199. The molecular formula is C14H18ClN3. The van der Waals surface area contributed by atoms with Crippen LogP contribution in [0.1, 0.15) is 24.9 Å². The van der Waals surface area contributed by atoms with Gasteiger partial charge in [-0.3, -0.25) is 0 Å². The minimum atomic E-state index is 0.199. The van der Waals surface area contributed by atoms with E-state index in [9.17, 15) is 0 Å². The van der Waals surface area contributed by atoms with Crippen molar-refractivity contribution in [3.8, 4) is 11.3 Å². The molecule has 1 heterocycles. The molecule has 0 radical (unpaired) electrons. The van der Waals surface area contributed by atoms with Gasteiger partial charge in [-0.1, -0.05) is 23.7 Å². The number of halogens is 1. The van der Waals surface area contributed by atoms with E-state index in [1.165, 1.54) is 0 Å². The Bertz CT molecular complexity index is 532. The Hall–Kier alpha value is -1.32. The summed E-state index contributed by atoms with van der Waals surface area (Å²) in [4.78, 5) is 7.93. The van der Waals surface area contributed by atoms with Gasteiger partial charge in [0, 0.05) is 28.7 Å². The van der Waals surface area contributed by atoms with Crippen molar-refractivity contribution < 1.29 is 0 Å². The molecule has 2 aromatic rings. The first kappa shape index (κ1) is 13.1. The molecule has 18 heavy (non-hydrogen) atoms. The Morgan fingerprint density at radius 3 is 2.89 bits per heavy atom. The highest BCUT2D eigenvalue weighted by atomic mass is 35.5. The van der Waals surface area contributed by atoms with Crippen LogP contribution in [0, 0.1) is 6.92 Å². The van der Waals surface area contributed by atoms with Crippen molar-refractivity contribution >= 4 is 11.6 Å². The van der Waals surface area contributed by atoms with Gasteiger partial charge < -0.3 is 10.7 Å². The van der Waals surface area contributed by atoms with E-state index in [2.05, 4.69) is 9.97 Å². The molecule has 96 valence electrons. The summed E-state index contributed by atoms with van der Waals surface area (Å²) in [5.41, 5.74) is 8.84. The van der Waals surface area contributed by atoms with Crippen molar-refractivity contribution in [3.63, 3.8) is 0 Å². The zero-order valence-electron chi connectivity index (χ0n) is 10.7. The number of hydrogen-bond acceptors (Lipinski definition) is 2. The van der Waals surface area contributed by atoms with Crippen LogP contribution in [0.4, 0.5) is 0 Å². The SMILES string of the molecule is Cc1[nH]c(CCC(C)N)nc1-c1cccc(Cl)c1. The van der Waals surface area contributed by atoms with Crippen LogP contribution in [0.15, 0.2) is 24.3 Å². The lowest BCUT2D eigenvalue weighted by atomic mass is 10.1. The molecule has 3 nitrogen and oxygen atoms in total. The van der Waals surface area contributed by atoms with E-state index in [-0.39, 0.29) is 6.04 Å². The third-order valence-corrected chi connectivity index (χ3v) is 3.10. The van der Waals surface area contributed by atoms with Gasteiger partial charge in [0.25, 0.3) is 0 Å². The Morgan fingerprint density at radius 1 is 1.44 bits per heavy atom. The van der Waals surface area contributed by atoms with Gasteiger partial charge in [0.1, 0.15) is 5.82 Å². The molecule has 2 rings (SSSR count). The fourth-order valence-electron chi connectivity index (χ4n) is 1.92. The van der Waals surface area contributed by atoms with Gasteiger partial charge in [-0.05, 0) is 32.4 Å². The molecule has 0 fully saturated rings. The monoisotopic (exact) mass is 263 g/mol. The molecule has 1 aromatic carbocycles. The number of aromatic nitrogens is 2. The highest BCUT2D eigenvalue weighted by Crippen LogP contribution is 2.24. The lowest BCUT2D eigenvalue weighted by Gasteiger charge is -2.01. The van der Waals surface area contributed by atoms with E-state index in [1.807, 2.05) is 38.1 Å². The summed E-state index contributed by atoms with van der Waals surface area (Å²) in [5.74, 6) is 0.986. The first-order chi connectivity index (χ1) is 8.56. The van der Waals surface area contributed by atoms with Gasteiger partial charge in [0.05, 0.1) is 5.69 Å². The van der Waals surface area contributed by atoms with Crippen LogP contribution in [0.5, 0.6) is 0 Å². The quantitative estimate of drug-likeness (QED) is 0.889. The number of rotatable bonds is 4. The highest BCUT2D eigenvalue weighted by Gasteiger charge is 2.09. The molecule has 0 saturated heterocycles. The number of imidazole rings is 1. The van der Waals surface area contributed by atoms with Gasteiger partial charge in [-0.15, -0.1) is 0 Å². The number of aryl methyl sites for hydroxylation is 2. The normalized spacial score (nSPS) is 12.7. The maximum Gasteiger partial charge on any atom is 0.107 e. The fourth-order valence-corrected chi connectivity index (χ4v) is 2.11. The Morgan fingerprint density at radius 2 is 2.22 bits per heavy atom. The van der Waals surface area contributed by atoms with Crippen LogP contribution in [0.25, 0.3) is 11.3 Å². The molecule has 0 saturated carbocycles. The topological polar surface area (TPSA) is 54.7 Å². The second kappa shape index (κ2) is 5.55. The number of hydrogen-bond donors (Lipinski definition) is 2. The predicted molar refractivity (Wildman–Crippen MR) is 75.7 cm³/mol. The number of H-pyrrole nitrogens is 1. The van der Waals surface area contributed by atoms with E-state index < -0.39 is 0 Å². The molecule has 1 atom stereocenters. The summed E-state index contributed by atoms with van der Waals surface area (Å²) < 4.78 is 0. The second-order valence-electron chi connectivity index (χ2n) is 4.68. The first-order valence-electron chi connectivity index (χ1n) is 6.13. The second-order valence-corrected chi connectivity index (χ2v) is 5.12. The third kappa shape index (κ3) is 3.12.